The number of aromatic nitrogens is 5. The maximum atomic E-state index is 13.0. The van der Waals surface area contributed by atoms with Gasteiger partial charge in [0.2, 0.25) is 0 Å². The molecule has 5 fully saturated rings. The van der Waals surface area contributed by atoms with E-state index in [1.807, 2.05) is 25.7 Å². The molecule has 7 rings (SSSR count). The Labute approximate surface area is 194 Å². The summed E-state index contributed by atoms with van der Waals surface area (Å²) < 4.78 is 41.1. The number of urea groups is 1. The molecule has 1 N–H and O–H groups in total. The van der Waals surface area contributed by atoms with Gasteiger partial charge in [-0.1, -0.05) is 0 Å². The molecule has 2 amide bonds. The lowest BCUT2D eigenvalue weighted by atomic mass is 9.60. The monoisotopic (exact) mass is 476 g/mol. The highest BCUT2D eigenvalue weighted by molar-refractivity contribution is 5.77. The number of alkyl halides is 3. The lowest BCUT2D eigenvalue weighted by molar-refractivity contribution is -0.143. The van der Waals surface area contributed by atoms with E-state index < -0.39 is 11.9 Å². The van der Waals surface area contributed by atoms with Crippen LogP contribution >= 0.6 is 0 Å². The molecule has 0 radical (unpaired) electrons. The van der Waals surface area contributed by atoms with Gasteiger partial charge in [-0.3, -0.25) is 10.00 Å². The van der Waals surface area contributed by atoms with Crippen molar-refractivity contribution in [3.63, 3.8) is 0 Å². The number of nitrogens with zero attached hydrogens (tertiary/aromatic N) is 7. The van der Waals surface area contributed by atoms with Crippen LogP contribution in [0.5, 0.6) is 0 Å². The third-order valence-electron chi connectivity index (χ3n) is 8.34. The number of H-pyrrole nitrogens is 1. The highest BCUT2D eigenvalue weighted by atomic mass is 19.4. The first-order valence-electron chi connectivity index (χ1n) is 12.0. The number of rotatable bonds is 4. The van der Waals surface area contributed by atoms with Crippen LogP contribution in [0.25, 0.3) is 0 Å². The van der Waals surface area contributed by atoms with Crippen molar-refractivity contribution in [1.82, 2.24) is 39.7 Å². The van der Waals surface area contributed by atoms with Crippen molar-refractivity contribution in [3.05, 3.63) is 29.6 Å². The molecule has 0 atom stereocenters. The van der Waals surface area contributed by atoms with Gasteiger partial charge in [-0.05, 0) is 25.7 Å². The second-order valence-corrected chi connectivity index (χ2v) is 11.3. The van der Waals surface area contributed by atoms with Crippen LogP contribution in [0.15, 0.2) is 12.5 Å². The molecule has 2 aromatic rings. The molecule has 2 aromatic heterocycles. The Morgan fingerprint density at radius 3 is 2.38 bits per heavy atom. The summed E-state index contributed by atoms with van der Waals surface area (Å²) in [7, 11) is 0. The van der Waals surface area contributed by atoms with Gasteiger partial charge in [0.1, 0.15) is 12.0 Å². The molecule has 3 saturated heterocycles. The lowest BCUT2D eigenvalue weighted by Crippen LogP contribution is -2.75. The zero-order valence-corrected chi connectivity index (χ0v) is 18.8. The summed E-state index contributed by atoms with van der Waals surface area (Å²) in [6.45, 7) is 4.65. The quantitative estimate of drug-likeness (QED) is 0.733. The number of hydrogen-bond acceptors (Lipinski definition) is 5. The molecule has 3 aliphatic heterocycles. The van der Waals surface area contributed by atoms with E-state index >= 15 is 0 Å². The van der Waals surface area contributed by atoms with Gasteiger partial charge in [0.25, 0.3) is 0 Å². The predicted molar refractivity (Wildman–Crippen MR) is 113 cm³/mol. The minimum atomic E-state index is -4.42. The lowest BCUT2D eigenvalue weighted by Gasteiger charge is -2.63. The highest BCUT2D eigenvalue weighted by Gasteiger charge is 2.58. The summed E-state index contributed by atoms with van der Waals surface area (Å²) in [6, 6.07) is 0.502. The van der Waals surface area contributed by atoms with Crippen molar-refractivity contribution in [1.29, 1.82) is 0 Å². The molecule has 5 aliphatic rings. The highest BCUT2D eigenvalue weighted by Crippen LogP contribution is 2.54. The summed E-state index contributed by atoms with van der Waals surface area (Å²) in [5, 5.41) is 10.3. The van der Waals surface area contributed by atoms with Crippen molar-refractivity contribution >= 4 is 6.03 Å². The maximum absolute atomic E-state index is 13.0. The van der Waals surface area contributed by atoms with Crippen molar-refractivity contribution in [2.75, 3.05) is 39.3 Å². The van der Waals surface area contributed by atoms with Gasteiger partial charge >= 0.3 is 12.2 Å². The summed E-state index contributed by atoms with van der Waals surface area (Å²) >= 11 is 0. The van der Waals surface area contributed by atoms with Crippen LogP contribution in [0.2, 0.25) is 0 Å². The number of halogens is 3. The second-order valence-electron chi connectivity index (χ2n) is 11.3. The molecule has 5 heterocycles. The van der Waals surface area contributed by atoms with E-state index in [1.165, 1.54) is 19.0 Å². The number of hydrogen-bond donors (Lipinski definition) is 1. The normalized spacial score (nSPS) is 25.7. The molecular formula is C22H27F3N8O. The van der Waals surface area contributed by atoms with Gasteiger partial charge in [-0.2, -0.15) is 23.4 Å². The van der Waals surface area contributed by atoms with Gasteiger partial charge in [0.05, 0.1) is 12.2 Å². The Kier molecular flexibility index (Phi) is 4.10. The van der Waals surface area contributed by atoms with Crippen molar-refractivity contribution in [2.45, 2.75) is 50.4 Å². The van der Waals surface area contributed by atoms with E-state index in [-0.39, 0.29) is 29.0 Å². The molecule has 2 saturated carbocycles. The van der Waals surface area contributed by atoms with Crippen molar-refractivity contribution in [3.8, 4) is 0 Å². The first kappa shape index (κ1) is 20.7. The number of likely N-dealkylation sites (tertiary alicyclic amines) is 3. The first-order chi connectivity index (χ1) is 16.2. The van der Waals surface area contributed by atoms with Crippen LogP contribution in [-0.2, 0) is 12.7 Å². The predicted octanol–water partition coefficient (Wildman–Crippen LogP) is 2.47. The number of carbonyl (C=O) groups excluding carboxylic acids is 1. The van der Waals surface area contributed by atoms with E-state index in [0.29, 0.717) is 38.1 Å². The molecule has 9 nitrogen and oxygen atoms in total. The molecule has 182 valence electrons. The molecule has 2 aliphatic carbocycles. The van der Waals surface area contributed by atoms with Gasteiger partial charge in [0, 0.05) is 68.1 Å². The Morgan fingerprint density at radius 1 is 1.06 bits per heavy atom. The summed E-state index contributed by atoms with van der Waals surface area (Å²) in [4.78, 5) is 23.1. The Hall–Kier alpha value is -2.63. The van der Waals surface area contributed by atoms with Crippen LogP contribution in [-0.4, -0.2) is 85.0 Å². The van der Waals surface area contributed by atoms with Gasteiger partial charge < -0.3 is 9.80 Å². The topological polar surface area (TPSA) is 86.2 Å². The van der Waals surface area contributed by atoms with E-state index in [0.717, 1.165) is 31.8 Å². The van der Waals surface area contributed by atoms with E-state index in [1.54, 1.807) is 0 Å². The van der Waals surface area contributed by atoms with Crippen molar-refractivity contribution < 1.29 is 18.0 Å². The van der Waals surface area contributed by atoms with E-state index in [9.17, 15) is 18.0 Å². The first-order valence-corrected chi connectivity index (χ1v) is 12.0. The Balaban J connectivity index is 0.856. The Bertz CT molecular complexity index is 1110. The number of carbonyl (C=O) groups is 1. The second kappa shape index (κ2) is 6.73. The average Bonchev–Trinajstić information content (AvgIpc) is 3.19. The average molecular weight is 477 g/mol. The van der Waals surface area contributed by atoms with Crippen LogP contribution in [0, 0.1) is 10.8 Å². The summed E-state index contributed by atoms with van der Waals surface area (Å²) in [6.07, 6.45) is 3.21. The third-order valence-corrected chi connectivity index (χ3v) is 8.34. The molecule has 12 heteroatoms. The number of nitrogens with one attached hydrogen (secondary N) is 1. The van der Waals surface area contributed by atoms with Gasteiger partial charge in [0.15, 0.2) is 5.82 Å². The summed E-state index contributed by atoms with van der Waals surface area (Å²) in [5.41, 5.74) is -0.318. The van der Waals surface area contributed by atoms with Crippen LogP contribution in [0.3, 0.4) is 0 Å². The fourth-order valence-electron chi connectivity index (χ4n) is 6.51. The maximum Gasteiger partial charge on any atom is 0.433 e. The fourth-order valence-corrected chi connectivity index (χ4v) is 6.51. The zero-order valence-electron chi connectivity index (χ0n) is 18.8. The largest absolute Gasteiger partial charge is 0.433 e. The molecule has 34 heavy (non-hydrogen) atoms. The molecule has 0 aromatic carbocycles. The van der Waals surface area contributed by atoms with Crippen LogP contribution in [0.1, 0.15) is 54.7 Å². The smallest absolute Gasteiger partial charge is 0.323 e. The molecule has 0 unspecified atom stereocenters. The molecule has 2 spiro atoms. The molecular weight excluding hydrogens is 449 g/mol. The third kappa shape index (κ3) is 3.24. The number of aromatic amines is 1. The standard InChI is InChI=1S/C22H27F3N8O/c23-22(24,25)17-15(5-27-28-17)6-30-7-21(8-30)11-32(12-21)19(34)31-9-20(10-31)3-16(4-20)33-13-26-18(29-33)14-1-2-14/h5,13-14,16H,1-4,6-12H2,(H,27,28). The van der Waals surface area contributed by atoms with Crippen molar-refractivity contribution in [2.24, 2.45) is 10.8 Å². The minimum absolute atomic E-state index is 0.0360. The van der Waals surface area contributed by atoms with Gasteiger partial charge in [-0.15, -0.1) is 0 Å². The SMILES string of the molecule is O=C(N1CC2(CC(n3cnc(C4CC4)n3)C2)C1)N1CC2(CN(Cc3cn[nH]c3C(F)(F)F)C2)C1. The van der Waals surface area contributed by atoms with E-state index in [4.69, 9.17) is 0 Å². The van der Waals surface area contributed by atoms with E-state index in [2.05, 4.69) is 20.3 Å². The number of amides is 2. The van der Waals surface area contributed by atoms with Crippen LogP contribution in [0.4, 0.5) is 18.0 Å². The molecule has 0 bridgehead atoms. The minimum Gasteiger partial charge on any atom is -0.323 e. The van der Waals surface area contributed by atoms with Crippen LogP contribution < -0.4 is 0 Å². The zero-order chi connectivity index (χ0) is 23.3. The van der Waals surface area contributed by atoms with Gasteiger partial charge in [-0.25, -0.2) is 14.5 Å². The summed E-state index contributed by atoms with van der Waals surface area (Å²) in [5.74, 6) is 1.55. The fraction of sp³-hybridized carbons (Fsp3) is 0.727. The Morgan fingerprint density at radius 2 is 1.74 bits per heavy atom.